The molecule has 2 heterocycles. The van der Waals surface area contributed by atoms with Gasteiger partial charge in [-0.15, -0.1) is 0 Å². The number of benzene rings is 1. The first-order chi connectivity index (χ1) is 15.2. The van der Waals surface area contributed by atoms with Crippen LogP contribution in [0, 0.1) is 6.92 Å². The number of hydrogen-bond donors (Lipinski definition) is 1. The number of amides is 1. The lowest BCUT2D eigenvalue weighted by molar-refractivity contribution is -0.122. The molecule has 168 valence electrons. The number of ketones is 1. The molecule has 0 aliphatic carbocycles. The average molecular weight is 455 g/mol. The molecule has 2 aromatic heterocycles. The minimum absolute atomic E-state index is 0.0318. The summed E-state index contributed by atoms with van der Waals surface area (Å²) in [7, 11) is 1.83. The lowest BCUT2D eigenvalue weighted by Crippen LogP contribution is -2.38. The number of carbonyl (C=O) groups is 2. The topological polar surface area (TPSA) is 86.0 Å². The van der Waals surface area contributed by atoms with Crippen molar-refractivity contribution >= 4 is 23.3 Å². The first kappa shape index (κ1) is 23.5. The molecular formula is C24H27ClN4O3. The molecule has 0 aliphatic heterocycles. The van der Waals surface area contributed by atoms with Crippen molar-refractivity contribution in [1.82, 2.24) is 19.7 Å². The summed E-state index contributed by atoms with van der Waals surface area (Å²) < 4.78 is 3.02. The van der Waals surface area contributed by atoms with Crippen LogP contribution >= 0.6 is 11.6 Å². The van der Waals surface area contributed by atoms with Crippen LogP contribution in [-0.2, 0) is 24.8 Å². The van der Waals surface area contributed by atoms with E-state index in [9.17, 15) is 14.4 Å². The predicted octanol–water partition coefficient (Wildman–Crippen LogP) is 3.28. The van der Waals surface area contributed by atoms with Gasteiger partial charge in [-0.1, -0.05) is 18.5 Å². The molecule has 0 saturated heterocycles. The largest absolute Gasteiger partial charge is 0.352 e. The Kier molecular flexibility index (Phi) is 7.30. The van der Waals surface area contributed by atoms with Crippen molar-refractivity contribution in [2.45, 2.75) is 46.2 Å². The fourth-order valence-corrected chi connectivity index (χ4v) is 3.63. The van der Waals surface area contributed by atoms with Crippen LogP contribution in [0.15, 0.2) is 47.3 Å². The van der Waals surface area contributed by atoms with Gasteiger partial charge in [-0.3, -0.25) is 14.4 Å². The second-order valence-electron chi connectivity index (χ2n) is 7.94. The van der Waals surface area contributed by atoms with Gasteiger partial charge in [-0.25, -0.2) is 4.68 Å². The quantitative estimate of drug-likeness (QED) is 0.529. The second kappa shape index (κ2) is 9.96. The van der Waals surface area contributed by atoms with Gasteiger partial charge in [0, 0.05) is 41.9 Å². The molecule has 0 saturated carbocycles. The average Bonchev–Trinajstić information content (AvgIpc) is 3.03. The van der Waals surface area contributed by atoms with Crippen molar-refractivity contribution in [2.75, 3.05) is 0 Å². The van der Waals surface area contributed by atoms with Crippen LogP contribution in [-0.4, -0.2) is 32.1 Å². The smallest absolute Gasteiger partial charge is 0.267 e. The van der Waals surface area contributed by atoms with Gasteiger partial charge in [0.1, 0.15) is 6.54 Å². The van der Waals surface area contributed by atoms with E-state index in [1.54, 1.807) is 30.3 Å². The maximum atomic E-state index is 13.0. The third kappa shape index (κ3) is 5.34. The predicted molar refractivity (Wildman–Crippen MR) is 124 cm³/mol. The molecule has 3 aromatic rings. The fraction of sp³-hybridized carbons (Fsp3) is 0.333. The third-order valence-electron chi connectivity index (χ3n) is 5.44. The maximum Gasteiger partial charge on any atom is 0.267 e. The van der Waals surface area contributed by atoms with Crippen molar-refractivity contribution < 1.29 is 9.59 Å². The number of carbonyl (C=O) groups excluding carboxylic acids is 2. The van der Waals surface area contributed by atoms with E-state index in [4.69, 9.17) is 11.6 Å². The normalized spacial score (nSPS) is 11.9. The zero-order valence-corrected chi connectivity index (χ0v) is 19.4. The fourth-order valence-electron chi connectivity index (χ4n) is 3.51. The molecule has 8 heteroatoms. The molecule has 0 spiro atoms. The zero-order valence-electron chi connectivity index (χ0n) is 18.7. The van der Waals surface area contributed by atoms with E-state index in [2.05, 4.69) is 10.4 Å². The second-order valence-corrected chi connectivity index (χ2v) is 8.37. The molecule has 1 amide bonds. The number of nitrogens with one attached hydrogen (secondary N) is 1. The van der Waals surface area contributed by atoms with Gasteiger partial charge < -0.3 is 9.88 Å². The van der Waals surface area contributed by atoms with Crippen LogP contribution in [0.4, 0.5) is 0 Å². The molecule has 32 heavy (non-hydrogen) atoms. The Bertz CT molecular complexity index is 1190. The molecule has 3 rings (SSSR count). The molecule has 1 atom stereocenters. The summed E-state index contributed by atoms with van der Waals surface area (Å²) in [5.74, 6) is -0.343. The summed E-state index contributed by atoms with van der Waals surface area (Å²) >= 11 is 5.93. The number of aryl methyl sites for hydroxylation is 1. The van der Waals surface area contributed by atoms with Crippen molar-refractivity contribution in [3.63, 3.8) is 0 Å². The highest BCUT2D eigenvalue weighted by atomic mass is 35.5. The number of aromatic nitrogens is 3. The minimum atomic E-state index is -0.338. The highest BCUT2D eigenvalue weighted by Crippen LogP contribution is 2.21. The highest BCUT2D eigenvalue weighted by Gasteiger charge is 2.19. The summed E-state index contributed by atoms with van der Waals surface area (Å²) in [6, 6.07) is 11.8. The lowest BCUT2D eigenvalue weighted by atomic mass is 10.1. The number of halogens is 1. The minimum Gasteiger partial charge on any atom is -0.352 e. The van der Waals surface area contributed by atoms with Gasteiger partial charge in [0.25, 0.3) is 5.56 Å². The molecule has 0 aliphatic rings. The van der Waals surface area contributed by atoms with E-state index in [0.717, 1.165) is 17.7 Å². The summed E-state index contributed by atoms with van der Waals surface area (Å²) in [5, 5.41) is 7.78. The van der Waals surface area contributed by atoms with E-state index in [1.807, 2.05) is 38.5 Å². The van der Waals surface area contributed by atoms with Crippen molar-refractivity contribution in [1.29, 1.82) is 0 Å². The Labute approximate surface area is 192 Å². The Morgan fingerprint density at radius 2 is 1.84 bits per heavy atom. The van der Waals surface area contributed by atoms with Gasteiger partial charge in [-0.05, 0) is 62.2 Å². The molecule has 0 fully saturated rings. The van der Waals surface area contributed by atoms with Crippen LogP contribution in [0.25, 0.3) is 0 Å². The van der Waals surface area contributed by atoms with Gasteiger partial charge in [0.05, 0.1) is 11.4 Å². The van der Waals surface area contributed by atoms with E-state index >= 15 is 0 Å². The Morgan fingerprint density at radius 1 is 1.16 bits per heavy atom. The van der Waals surface area contributed by atoms with E-state index in [-0.39, 0.29) is 29.8 Å². The first-order valence-corrected chi connectivity index (χ1v) is 10.9. The first-order valence-electron chi connectivity index (χ1n) is 10.5. The van der Waals surface area contributed by atoms with Crippen molar-refractivity contribution in [2.24, 2.45) is 7.05 Å². The van der Waals surface area contributed by atoms with Crippen LogP contribution in [0.3, 0.4) is 0 Å². The highest BCUT2D eigenvalue weighted by molar-refractivity contribution is 6.30. The molecule has 7 nitrogen and oxygen atoms in total. The number of nitrogens with zero attached hydrogens (tertiary/aromatic N) is 3. The van der Waals surface area contributed by atoms with Gasteiger partial charge in [0.2, 0.25) is 11.7 Å². The third-order valence-corrected chi connectivity index (χ3v) is 5.69. The number of rotatable bonds is 8. The van der Waals surface area contributed by atoms with Crippen LogP contribution < -0.4 is 10.9 Å². The van der Waals surface area contributed by atoms with E-state index < -0.39 is 0 Å². The van der Waals surface area contributed by atoms with Crippen LogP contribution in [0.5, 0.6) is 0 Å². The van der Waals surface area contributed by atoms with Gasteiger partial charge in [-0.2, -0.15) is 5.10 Å². The molecule has 1 N–H and O–H groups in total. The SMILES string of the molecule is CC[C@@H](C)NC(=O)Cn1nc(Cc2cc(C)c(C(=O)c3ccc(Cl)cc3)n2C)ccc1=O. The van der Waals surface area contributed by atoms with Crippen molar-refractivity contribution in [3.8, 4) is 0 Å². The van der Waals surface area contributed by atoms with E-state index in [1.165, 1.54) is 10.7 Å². The summed E-state index contributed by atoms with van der Waals surface area (Å²) in [4.78, 5) is 37.4. The van der Waals surface area contributed by atoms with Gasteiger partial charge in [0.15, 0.2) is 0 Å². The Balaban J connectivity index is 1.83. The Morgan fingerprint density at radius 3 is 2.50 bits per heavy atom. The number of hydrogen-bond acceptors (Lipinski definition) is 4. The standard InChI is InChI=1S/C24H27ClN4O3/c1-5-16(3)26-21(30)14-29-22(31)11-10-19(27-29)13-20-12-15(2)23(28(20)4)24(32)17-6-8-18(25)9-7-17/h6-12,16H,5,13-14H2,1-4H3,(H,26,30)/t16-/m1/s1. The van der Waals surface area contributed by atoms with E-state index in [0.29, 0.717) is 28.4 Å². The molecule has 0 radical (unpaired) electrons. The molecule has 1 aromatic carbocycles. The monoisotopic (exact) mass is 454 g/mol. The van der Waals surface area contributed by atoms with Crippen LogP contribution in [0.1, 0.15) is 53.3 Å². The molecule has 0 bridgehead atoms. The van der Waals surface area contributed by atoms with Crippen LogP contribution in [0.2, 0.25) is 5.02 Å². The lowest BCUT2D eigenvalue weighted by Gasteiger charge is -2.12. The summed E-state index contributed by atoms with van der Waals surface area (Å²) in [5.41, 5.74) is 3.17. The Hall–Kier alpha value is -3.19. The zero-order chi connectivity index (χ0) is 23.4. The molecular weight excluding hydrogens is 428 g/mol. The van der Waals surface area contributed by atoms with Gasteiger partial charge >= 0.3 is 0 Å². The molecule has 0 unspecified atom stereocenters. The van der Waals surface area contributed by atoms with Crippen molar-refractivity contribution in [3.05, 3.63) is 86.0 Å². The summed E-state index contributed by atoms with van der Waals surface area (Å²) in [6.45, 7) is 5.64. The maximum absolute atomic E-state index is 13.0. The summed E-state index contributed by atoms with van der Waals surface area (Å²) in [6.07, 6.45) is 1.22.